The molecule has 0 unspecified atom stereocenters. The Bertz CT molecular complexity index is 506. The van der Waals surface area contributed by atoms with Crippen molar-refractivity contribution in [2.24, 2.45) is 0 Å². The van der Waals surface area contributed by atoms with E-state index >= 15 is 0 Å². The van der Waals surface area contributed by atoms with Crippen LogP contribution in [0.2, 0.25) is 0 Å². The van der Waals surface area contributed by atoms with Crippen LogP contribution < -0.4 is 0 Å². The van der Waals surface area contributed by atoms with Crippen molar-refractivity contribution in [2.75, 3.05) is 0 Å². The van der Waals surface area contributed by atoms with E-state index in [0.717, 1.165) is 18.5 Å². The molecule has 0 aliphatic heterocycles. The lowest BCUT2D eigenvalue weighted by Crippen LogP contribution is -2.04. The molecule has 18 heavy (non-hydrogen) atoms. The Kier molecular flexibility index (Phi) is 4.18. The summed E-state index contributed by atoms with van der Waals surface area (Å²) in [4.78, 5) is 20.0. The predicted molar refractivity (Wildman–Crippen MR) is 70.5 cm³/mol. The molecule has 0 saturated heterocycles. The molecule has 0 aliphatic rings. The van der Waals surface area contributed by atoms with Gasteiger partial charge in [0.2, 0.25) is 0 Å². The molecule has 0 spiro atoms. The van der Waals surface area contributed by atoms with E-state index in [1.54, 1.807) is 12.4 Å². The van der Waals surface area contributed by atoms with Crippen molar-refractivity contribution < 1.29 is 4.79 Å². The average molecular weight is 240 g/mol. The van der Waals surface area contributed by atoms with Crippen LogP contribution in [-0.2, 0) is 6.42 Å². The highest BCUT2D eigenvalue weighted by Gasteiger charge is 2.07. The van der Waals surface area contributed by atoms with E-state index < -0.39 is 0 Å². The lowest BCUT2D eigenvalue weighted by molar-refractivity contribution is 0.0975. The number of rotatable bonds is 5. The van der Waals surface area contributed by atoms with Gasteiger partial charge in [-0.2, -0.15) is 0 Å². The van der Waals surface area contributed by atoms with E-state index in [2.05, 4.69) is 22.1 Å². The molecule has 0 atom stereocenters. The minimum atomic E-state index is 0.0680. The zero-order chi connectivity index (χ0) is 12.8. The summed E-state index contributed by atoms with van der Waals surface area (Å²) in [5.74, 6) is 0.0680. The molecule has 1 aromatic carbocycles. The third kappa shape index (κ3) is 3.48. The second-order valence-corrected chi connectivity index (χ2v) is 4.31. The van der Waals surface area contributed by atoms with Gasteiger partial charge in [-0.25, -0.2) is 4.98 Å². The van der Waals surface area contributed by atoms with Crippen LogP contribution in [-0.4, -0.2) is 15.8 Å². The molecule has 3 nitrogen and oxygen atoms in total. The van der Waals surface area contributed by atoms with Crippen molar-refractivity contribution in [1.29, 1.82) is 0 Å². The molecule has 1 heterocycles. The van der Waals surface area contributed by atoms with Crippen molar-refractivity contribution in [3.8, 4) is 0 Å². The maximum atomic E-state index is 11.8. The zero-order valence-electron chi connectivity index (χ0n) is 10.5. The molecule has 0 N–H and O–H groups in total. The van der Waals surface area contributed by atoms with Crippen molar-refractivity contribution in [3.63, 3.8) is 0 Å². The number of aryl methyl sites for hydroxylation is 2. The summed E-state index contributed by atoms with van der Waals surface area (Å²) in [6.45, 7) is 1.86. The first-order valence-electron chi connectivity index (χ1n) is 6.11. The smallest absolute Gasteiger partial charge is 0.182 e. The summed E-state index contributed by atoms with van der Waals surface area (Å²) < 4.78 is 0. The molecule has 92 valence electrons. The standard InChI is InChI=1S/C15H16N2O/c1-12-10-17-14(11-16-12)15(18)9-5-8-13-6-3-2-4-7-13/h2-4,6-7,10-11H,5,8-9H2,1H3. The minimum absolute atomic E-state index is 0.0680. The lowest BCUT2D eigenvalue weighted by atomic mass is 10.1. The highest BCUT2D eigenvalue weighted by molar-refractivity contribution is 5.93. The van der Waals surface area contributed by atoms with Crippen molar-refractivity contribution in [1.82, 2.24) is 9.97 Å². The van der Waals surface area contributed by atoms with E-state index in [4.69, 9.17) is 0 Å². The fourth-order valence-electron chi connectivity index (χ4n) is 1.76. The Morgan fingerprint density at radius 3 is 2.56 bits per heavy atom. The Hall–Kier alpha value is -2.03. The van der Waals surface area contributed by atoms with Crippen LogP contribution >= 0.6 is 0 Å². The van der Waals surface area contributed by atoms with Gasteiger partial charge in [-0.1, -0.05) is 30.3 Å². The molecular formula is C15H16N2O. The Morgan fingerprint density at radius 2 is 1.89 bits per heavy atom. The molecule has 2 rings (SSSR count). The van der Waals surface area contributed by atoms with Gasteiger partial charge in [-0.05, 0) is 25.3 Å². The fourth-order valence-corrected chi connectivity index (χ4v) is 1.76. The number of nitrogens with zero attached hydrogens (tertiary/aromatic N) is 2. The maximum Gasteiger partial charge on any atom is 0.182 e. The molecule has 0 bridgehead atoms. The number of benzene rings is 1. The predicted octanol–water partition coefficient (Wildman–Crippen LogP) is 2.99. The lowest BCUT2D eigenvalue weighted by Gasteiger charge is -2.01. The van der Waals surface area contributed by atoms with Crippen LogP contribution in [0, 0.1) is 6.92 Å². The largest absolute Gasteiger partial charge is 0.292 e. The molecule has 3 heteroatoms. The van der Waals surface area contributed by atoms with Crippen LogP contribution in [0.15, 0.2) is 42.7 Å². The number of hydrogen-bond acceptors (Lipinski definition) is 3. The van der Waals surface area contributed by atoms with Crippen molar-refractivity contribution in [3.05, 3.63) is 59.7 Å². The van der Waals surface area contributed by atoms with E-state index in [-0.39, 0.29) is 5.78 Å². The molecule has 2 aromatic rings. The van der Waals surface area contributed by atoms with E-state index in [0.29, 0.717) is 12.1 Å². The summed E-state index contributed by atoms with van der Waals surface area (Å²) in [6.07, 6.45) is 5.47. The molecule has 0 saturated carbocycles. The first kappa shape index (κ1) is 12.4. The van der Waals surface area contributed by atoms with Gasteiger partial charge < -0.3 is 0 Å². The van der Waals surface area contributed by atoms with Crippen LogP contribution in [0.25, 0.3) is 0 Å². The number of hydrogen-bond donors (Lipinski definition) is 0. The SMILES string of the molecule is Cc1cnc(C(=O)CCCc2ccccc2)cn1. The van der Waals surface area contributed by atoms with Gasteiger partial charge in [-0.3, -0.25) is 9.78 Å². The first-order valence-corrected chi connectivity index (χ1v) is 6.11. The first-order chi connectivity index (χ1) is 8.75. The maximum absolute atomic E-state index is 11.8. The second kappa shape index (κ2) is 6.05. The summed E-state index contributed by atoms with van der Waals surface area (Å²) in [7, 11) is 0. The van der Waals surface area contributed by atoms with Gasteiger partial charge in [0, 0.05) is 12.6 Å². The molecule has 0 radical (unpaired) electrons. The highest BCUT2D eigenvalue weighted by Crippen LogP contribution is 2.07. The van der Waals surface area contributed by atoms with Crippen LogP contribution in [0.4, 0.5) is 0 Å². The van der Waals surface area contributed by atoms with Gasteiger partial charge >= 0.3 is 0 Å². The summed E-state index contributed by atoms with van der Waals surface area (Å²) >= 11 is 0. The molecular weight excluding hydrogens is 224 g/mol. The van der Waals surface area contributed by atoms with Crippen molar-refractivity contribution in [2.45, 2.75) is 26.2 Å². The van der Waals surface area contributed by atoms with Gasteiger partial charge in [0.05, 0.1) is 11.9 Å². The monoisotopic (exact) mass is 240 g/mol. The van der Waals surface area contributed by atoms with Gasteiger partial charge in [0.15, 0.2) is 5.78 Å². The van der Waals surface area contributed by atoms with E-state index in [1.165, 1.54) is 5.56 Å². The number of carbonyl (C=O) groups excluding carboxylic acids is 1. The third-order valence-corrected chi connectivity index (χ3v) is 2.78. The molecule has 1 aromatic heterocycles. The quantitative estimate of drug-likeness (QED) is 0.754. The minimum Gasteiger partial charge on any atom is -0.292 e. The van der Waals surface area contributed by atoms with Gasteiger partial charge in [0.25, 0.3) is 0 Å². The van der Waals surface area contributed by atoms with Gasteiger partial charge in [-0.15, -0.1) is 0 Å². The van der Waals surface area contributed by atoms with Crippen molar-refractivity contribution >= 4 is 5.78 Å². The Labute approximate surface area is 107 Å². The summed E-state index contributed by atoms with van der Waals surface area (Å²) in [5, 5.41) is 0. The Morgan fingerprint density at radius 1 is 1.11 bits per heavy atom. The molecule has 0 aliphatic carbocycles. The average Bonchev–Trinajstić information content (AvgIpc) is 2.40. The second-order valence-electron chi connectivity index (χ2n) is 4.31. The van der Waals surface area contributed by atoms with Crippen LogP contribution in [0.3, 0.4) is 0 Å². The van der Waals surface area contributed by atoms with E-state index in [9.17, 15) is 4.79 Å². The summed E-state index contributed by atoms with van der Waals surface area (Å²) in [5.41, 5.74) is 2.56. The van der Waals surface area contributed by atoms with E-state index in [1.807, 2.05) is 25.1 Å². The van der Waals surface area contributed by atoms with Gasteiger partial charge in [0.1, 0.15) is 5.69 Å². The number of aromatic nitrogens is 2. The number of ketones is 1. The van der Waals surface area contributed by atoms with Crippen LogP contribution in [0.1, 0.15) is 34.6 Å². The number of carbonyl (C=O) groups is 1. The zero-order valence-corrected chi connectivity index (χ0v) is 10.5. The third-order valence-electron chi connectivity index (χ3n) is 2.78. The number of Topliss-reactive ketones (excluding diaryl/α,β-unsaturated/α-hetero) is 1. The fraction of sp³-hybridized carbons (Fsp3) is 0.267. The molecule has 0 fully saturated rings. The Balaban J connectivity index is 1.84. The highest BCUT2D eigenvalue weighted by atomic mass is 16.1. The molecule has 0 amide bonds. The van der Waals surface area contributed by atoms with Crippen LogP contribution in [0.5, 0.6) is 0 Å². The topological polar surface area (TPSA) is 42.9 Å². The normalized spacial score (nSPS) is 10.3. The summed E-state index contributed by atoms with van der Waals surface area (Å²) in [6, 6.07) is 10.2.